The Hall–Kier alpha value is -0.339. The summed E-state index contributed by atoms with van der Waals surface area (Å²) in [5.74, 6) is 0. The zero-order chi connectivity index (χ0) is 29.7. The molecule has 38 heavy (non-hydrogen) atoms. The van der Waals surface area contributed by atoms with Gasteiger partial charge in [-0.15, -0.1) is 0 Å². The Morgan fingerprint density at radius 1 is 0.842 bits per heavy atom. The molecule has 1 aromatic rings. The molecule has 1 saturated heterocycles. The molecule has 0 aromatic carbocycles. The van der Waals surface area contributed by atoms with Gasteiger partial charge >= 0.3 is 5.69 Å². The summed E-state index contributed by atoms with van der Waals surface area (Å²) >= 11 is 6.04. The van der Waals surface area contributed by atoms with E-state index in [1.54, 1.807) is 12.3 Å². The Kier molecular flexibility index (Phi) is 9.94. The second kappa shape index (κ2) is 11.2. The predicted octanol–water partition coefficient (Wildman–Crippen LogP) is 7.60. The van der Waals surface area contributed by atoms with E-state index in [-0.39, 0.29) is 20.3 Å². The second-order valence-electron chi connectivity index (χ2n) is 15.3. The third-order valence-corrected chi connectivity index (χ3v) is 22.9. The van der Waals surface area contributed by atoms with Crippen LogP contribution in [-0.2, 0) is 18.0 Å². The van der Waals surface area contributed by atoms with Crippen molar-refractivity contribution in [1.29, 1.82) is 0 Å². The molecule has 1 fully saturated rings. The molecule has 0 bridgehead atoms. The summed E-state index contributed by atoms with van der Waals surface area (Å²) in [6.45, 7) is 33.8. The molecule has 0 spiro atoms. The molecule has 0 amide bonds. The number of ether oxygens (including phenoxy) is 1. The van der Waals surface area contributed by atoms with Crippen LogP contribution in [0.25, 0.3) is 0 Å². The first-order valence-corrected chi connectivity index (χ1v) is 22.8. The average molecular weight is 605 g/mol. The van der Waals surface area contributed by atoms with Crippen molar-refractivity contribution in [2.24, 2.45) is 0 Å². The van der Waals surface area contributed by atoms with Gasteiger partial charge in [-0.05, 0) is 60.5 Å². The van der Waals surface area contributed by atoms with Crippen LogP contribution in [0.4, 0.5) is 0 Å². The van der Waals surface area contributed by atoms with Gasteiger partial charge in [-0.3, -0.25) is 4.57 Å². The minimum absolute atomic E-state index is 0.0177. The number of rotatable bonds is 8. The van der Waals surface area contributed by atoms with Crippen molar-refractivity contribution in [2.75, 3.05) is 6.61 Å². The maximum absolute atomic E-state index is 13.0. The van der Waals surface area contributed by atoms with Gasteiger partial charge in [0.2, 0.25) is 0 Å². The molecule has 0 saturated carbocycles. The number of nitrogens with zero attached hydrogens (tertiary/aromatic N) is 2. The van der Waals surface area contributed by atoms with Crippen molar-refractivity contribution >= 4 is 36.6 Å². The molecule has 7 nitrogen and oxygen atoms in total. The highest BCUT2D eigenvalue weighted by Crippen LogP contribution is 2.46. The minimum Gasteiger partial charge on any atom is -0.414 e. The lowest BCUT2D eigenvalue weighted by Crippen LogP contribution is -2.54. The quantitative estimate of drug-likeness (QED) is 0.225. The Bertz CT molecular complexity index is 1030. The standard InChI is InChI=1S/C27H53ClN2O5Si3/c1-25(2,3)36(10,11)32-18-19-21(34-37(12,13)26(4,5)6)22(35-38(14,15)27(7,8)9)23(33-19)30-17-16-20(28)29-24(30)31/h16-17,19,21-23H,18H2,1-15H3/t19-,21?,22?,23-/m1/s1. The second-order valence-corrected chi connectivity index (χ2v) is 30.0. The van der Waals surface area contributed by atoms with Gasteiger partial charge < -0.3 is 18.0 Å². The molecule has 4 atom stereocenters. The molecule has 1 aromatic heterocycles. The highest BCUT2D eigenvalue weighted by atomic mass is 35.5. The van der Waals surface area contributed by atoms with Crippen LogP contribution in [0.2, 0.25) is 59.5 Å². The van der Waals surface area contributed by atoms with E-state index in [1.807, 2.05) is 0 Å². The average Bonchev–Trinajstić information content (AvgIpc) is 3.00. The fourth-order valence-corrected chi connectivity index (χ4v) is 7.21. The van der Waals surface area contributed by atoms with Crippen molar-refractivity contribution in [3.05, 3.63) is 27.9 Å². The minimum atomic E-state index is -2.29. The van der Waals surface area contributed by atoms with E-state index in [0.717, 1.165) is 0 Å². The third kappa shape index (κ3) is 7.48. The van der Waals surface area contributed by atoms with Gasteiger partial charge in [0.05, 0.1) is 6.61 Å². The van der Waals surface area contributed by atoms with Crippen molar-refractivity contribution in [1.82, 2.24) is 9.55 Å². The maximum Gasteiger partial charge on any atom is 0.351 e. The lowest BCUT2D eigenvalue weighted by atomic mass is 10.1. The molecule has 1 aliphatic heterocycles. The van der Waals surface area contributed by atoms with Crippen molar-refractivity contribution in [3.8, 4) is 0 Å². The highest BCUT2D eigenvalue weighted by Gasteiger charge is 2.55. The Labute approximate surface area is 239 Å². The number of halogens is 1. The van der Waals surface area contributed by atoms with Crippen LogP contribution in [0.5, 0.6) is 0 Å². The summed E-state index contributed by atoms with van der Waals surface area (Å²) < 4.78 is 29.0. The van der Waals surface area contributed by atoms with E-state index in [1.165, 1.54) is 4.57 Å². The molecule has 220 valence electrons. The van der Waals surface area contributed by atoms with Crippen molar-refractivity contribution < 1.29 is 18.0 Å². The Balaban J connectivity index is 2.64. The first-order chi connectivity index (χ1) is 16.8. The molecular formula is C27H53ClN2O5Si3. The Morgan fingerprint density at radius 3 is 1.71 bits per heavy atom. The predicted molar refractivity (Wildman–Crippen MR) is 165 cm³/mol. The number of aromatic nitrogens is 2. The summed E-state index contributed by atoms with van der Waals surface area (Å²) in [5, 5.41) is 0.140. The summed E-state index contributed by atoms with van der Waals surface area (Å²) in [4.78, 5) is 17.0. The van der Waals surface area contributed by atoms with Crippen LogP contribution in [0.1, 0.15) is 68.5 Å². The molecule has 2 heterocycles. The largest absolute Gasteiger partial charge is 0.414 e. The SMILES string of the molecule is CC(C)(C)[Si](C)(C)OC[C@H]1O[C@@H](n2ccc(Cl)nc2=O)C(O[Si](C)(C)C(C)(C)C)C1O[Si](C)(C)C(C)(C)C. The van der Waals surface area contributed by atoms with E-state index in [0.29, 0.717) is 6.61 Å². The molecular weight excluding hydrogens is 552 g/mol. The fraction of sp³-hybridized carbons (Fsp3) is 0.852. The van der Waals surface area contributed by atoms with Crippen LogP contribution >= 0.6 is 11.6 Å². The number of hydrogen-bond donors (Lipinski definition) is 0. The molecule has 1 aliphatic rings. The molecule has 0 radical (unpaired) electrons. The molecule has 0 N–H and O–H groups in total. The maximum atomic E-state index is 13.0. The van der Waals surface area contributed by atoms with Gasteiger partial charge in [0.15, 0.2) is 31.2 Å². The van der Waals surface area contributed by atoms with Crippen molar-refractivity contribution in [3.63, 3.8) is 0 Å². The van der Waals surface area contributed by atoms with Crippen LogP contribution in [0.3, 0.4) is 0 Å². The molecule has 11 heteroatoms. The summed E-state index contributed by atoms with van der Waals surface area (Å²) in [6.07, 6.45) is -0.365. The zero-order valence-electron chi connectivity index (χ0n) is 26.5. The van der Waals surface area contributed by atoms with E-state index in [4.69, 9.17) is 29.6 Å². The lowest BCUT2D eigenvalue weighted by molar-refractivity contribution is -0.0509. The van der Waals surface area contributed by atoms with Crippen molar-refractivity contribution in [2.45, 2.75) is 141 Å². The lowest BCUT2D eigenvalue weighted by Gasteiger charge is -2.44. The third-order valence-electron chi connectivity index (χ3n) is 9.24. The monoisotopic (exact) mass is 604 g/mol. The van der Waals surface area contributed by atoms with Gasteiger partial charge in [-0.1, -0.05) is 73.9 Å². The van der Waals surface area contributed by atoms with Crippen LogP contribution in [0, 0.1) is 0 Å². The van der Waals surface area contributed by atoms with Gasteiger partial charge in [-0.2, -0.15) is 4.98 Å². The van der Waals surface area contributed by atoms with Gasteiger partial charge in [0, 0.05) is 6.20 Å². The van der Waals surface area contributed by atoms with E-state index in [9.17, 15) is 4.79 Å². The summed E-state index contributed by atoms with van der Waals surface area (Å²) in [6, 6.07) is 1.61. The molecule has 2 unspecified atom stereocenters. The van der Waals surface area contributed by atoms with E-state index < -0.39 is 55.2 Å². The summed E-state index contributed by atoms with van der Waals surface area (Å²) in [7, 11) is -6.62. The topological polar surface area (TPSA) is 71.8 Å². The molecule has 0 aliphatic carbocycles. The van der Waals surface area contributed by atoms with Crippen LogP contribution < -0.4 is 5.69 Å². The zero-order valence-corrected chi connectivity index (χ0v) is 30.2. The van der Waals surface area contributed by atoms with E-state index in [2.05, 4.69) is 107 Å². The van der Waals surface area contributed by atoms with Crippen LogP contribution in [-0.4, -0.2) is 59.4 Å². The first-order valence-electron chi connectivity index (χ1n) is 13.7. The molecule has 2 rings (SSSR count). The van der Waals surface area contributed by atoms with E-state index >= 15 is 0 Å². The number of hydrogen-bond acceptors (Lipinski definition) is 6. The van der Waals surface area contributed by atoms with Gasteiger partial charge in [-0.25, -0.2) is 4.79 Å². The van der Waals surface area contributed by atoms with Crippen LogP contribution in [0.15, 0.2) is 17.1 Å². The highest BCUT2D eigenvalue weighted by molar-refractivity contribution is 6.75. The normalized spacial score (nSPS) is 24.2. The van der Waals surface area contributed by atoms with Gasteiger partial charge in [0.25, 0.3) is 0 Å². The summed E-state index contributed by atoms with van der Waals surface area (Å²) in [5.41, 5.74) is -0.469. The van der Waals surface area contributed by atoms with Gasteiger partial charge in [0.1, 0.15) is 23.5 Å². The first kappa shape index (κ1) is 33.9. The fourth-order valence-electron chi connectivity index (χ4n) is 3.46. The smallest absolute Gasteiger partial charge is 0.351 e. The Morgan fingerprint density at radius 2 is 1.29 bits per heavy atom.